The van der Waals surface area contributed by atoms with Gasteiger partial charge in [-0.05, 0) is 31.1 Å². The smallest absolute Gasteiger partial charge is 0.199 e. The lowest BCUT2D eigenvalue weighted by molar-refractivity contribution is 0.310. The molecule has 0 bridgehead atoms. The van der Waals surface area contributed by atoms with Gasteiger partial charge in [-0.1, -0.05) is 0 Å². The molecule has 0 aliphatic heterocycles. The van der Waals surface area contributed by atoms with Gasteiger partial charge in [-0.15, -0.1) is 10.2 Å². The van der Waals surface area contributed by atoms with E-state index in [1.165, 1.54) is 0 Å². The number of rotatable bonds is 2. The van der Waals surface area contributed by atoms with E-state index >= 15 is 0 Å². The maximum Gasteiger partial charge on any atom is 0.199 e. The molecule has 0 saturated heterocycles. The van der Waals surface area contributed by atoms with Crippen LogP contribution in [0, 0.1) is 6.92 Å². The molecule has 0 aromatic carbocycles. The molecule has 0 aliphatic rings. The first-order valence-electron chi connectivity index (χ1n) is 4.61. The van der Waals surface area contributed by atoms with Crippen molar-refractivity contribution in [1.82, 2.24) is 25.1 Å². The Bertz CT molecular complexity index is 471. The molecule has 0 aliphatic carbocycles. The first kappa shape index (κ1) is 9.63. The molecule has 0 fully saturated rings. The lowest BCUT2D eigenvalue weighted by atomic mass is 10.3. The maximum absolute atomic E-state index is 5.60. The van der Waals surface area contributed by atoms with Crippen molar-refractivity contribution < 1.29 is 4.63 Å². The average molecular weight is 208 g/mol. The molecule has 0 radical (unpaired) electrons. The molecule has 2 N–H and O–H groups in total. The first-order chi connectivity index (χ1) is 7.11. The van der Waals surface area contributed by atoms with Gasteiger partial charge < -0.3 is 10.3 Å². The molecule has 2 aromatic heterocycles. The molecule has 7 heteroatoms. The zero-order valence-electron chi connectivity index (χ0n) is 8.80. The van der Waals surface area contributed by atoms with E-state index in [-0.39, 0.29) is 11.9 Å². The van der Waals surface area contributed by atoms with Crippen LogP contribution in [0.3, 0.4) is 0 Å². The van der Waals surface area contributed by atoms with Gasteiger partial charge in [0.2, 0.25) is 0 Å². The van der Waals surface area contributed by atoms with Crippen molar-refractivity contribution in [3.8, 4) is 11.5 Å². The molecule has 80 valence electrons. The van der Waals surface area contributed by atoms with E-state index in [2.05, 4.69) is 25.1 Å². The Morgan fingerprint density at radius 3 is 2.53 bits per heavy atom. The predicted molar refractivity (Wildman–Crippen MR) is 52.8 cm³/mol. The summed E-state index contributed by atoms with van der Waals surface area (Å²) >= 11 is 0. The molecule has 2 aromatic rings. The Balaban J connectivity index is 2.59. The van der Waals surface area contributed by atoms with Crippen molar-refractivity contribution in [2.75, 3.05) is 5.73 Å². The number of nitrogens with two attached hydrogens (primary N) is 1. The van der Waals surface area contributed by atoms with Gasteiger partial charge in [-0.25, -0.2) is 4.63 Å². The minimum atomic E-state index is 0.226. The molecule has 0 spiro atoms. The van der Waals surface area contributed by atoms with Crippen LogP contribution in [-0.2, 0) is 0 Å². The summed E-state index contributed by atoms with van der Waals surface area (Å²) in [7, 11) is 0. The van der Waals surface area contributed by atoms with Crippen LogP contribution in [0.5, 0.6) is 0 Å². The van der Waals surface area contributed by atoms with Crippen LogP contribution in [0.2, 0.25) is 0 Å². The fourth-order valence-corrected chi connectivity index (χ4v) is 1.50. The highest BCUT2D eigenvalue weighted by Gasteiger charge is 2.19. The van der Waals surface area contributed by atoms with Crippen LogP contribution in [0.1, 0.15) is 25.7 Å². The van der Waals surface area contributed by atoms with Gasteiger partial charge in [-0.3, -0.25) is 0 Å². The van der Waals surface area contributed by atoms with E-state index in [1.54, 1.807) is 0 Å². The summed E-state index contributed by atoms with van der Waals surface area (Å²) < 4.78 is 6.46. The van der Waals surface area contributed by atoms with E-state index in [0.29, 0.717) is 11.5 Å². The SMILES string of the molecule is Cc1nnc(-c2nonc2N)n1C(C)C. The summed E-state index contributed by atoms with van der Waals surface area (Å²) in [5.74, 6) is 1.62. The summed E-state index contributed by atoms with van der Waals surface area (Å²) in [5, 5.41) is 15.2. The molecule has 0 atom stereocenters. The van der Waals surface area contributed by atoms with Crippen molar-refractivity contribution in [2.24, 2.45) is 0 Å². The van der Waals surface area contributed by atoms with Crippen molar-refractivity contribution in [3.05, 3.63) is 5.82 Å². The molecule has 7 nitrogen and oxygen atoms in total. The topological polar surface area (TPSA) is 95.7 Å². The number of nitrogens with zero attached hydrogens (tertiary/aromatic N) is 5. The second kappa shape index (κ2) is 3.34. The zero-order chi connectivity index (χ0) is 11.0. The number of aryl methyl sites for hydroxylation is 1. The zero-order valence-corrected chi connectivity index (χ0v) is 8.80. The van der Waals surface area contributed by atoms with E-state index in [1.807, 2.05) is 25.3 Å². The molecular weight excluding hydrogens is 196 g/mol. The third-order valence-corrected chi connectivity index (χ3v) is 2.11. The van der Waals surface area contributed by atoms with Gasteiger partial charge in [0.1, 0.15) is 5.82 Å². The van der Waals surface area contributed by atoms with Crippen LogP contribution in [0.4, 0.5) is 5.82 Å². The highest BCUT2D eigenvalue weighted by atomic mass is 16.6. The van der Waals surface area contributed by atoms with Gasteiger partial charge in [0.05, 0.1) is 0 Å². The molecule has 0 saturated carbocycles. The second-order valence-corrected chi connectivity index (χ2v) is 3.53. The van der Waals surface area contributed by atoms with Crippen molar-refractivity contribution in [1.29, 1.82) is 0 Å². The van der Waals surface area contributed by atoms with Crippen LogP contribution in [0.25, 0.3) is 11.5 Å². The fourth-order valence-electron chi connectivity index (χ4n) is 1.50. The monoisotopic (exact) mass is 208 g/mol. The van der Waals surface area contributed by atoms with Crippen LogP contribution < -0.4 is 5.73 Å². The molecule has 2 heterocycles. The summed E-state index contributed by atoms with van der Waals surface area (Å²) in [6.07, 6.45) is 0. The number of anilines is 1. The Morgan fingerprint density at radius 2 is 2.00 bits per heavy atom. The largest absolute Gasteiger partial charge is 0.379 e. The third kappa shape index (κ3) is 1.45. The van der Waals surface area contributed by atoms with Gasteiger partial charge in [0.15, 0.2) is 17.3 Å². The van der Waals surface area contributed by atoms with E-state index in [9.17, 15) is 0 Å². The summed E-state index contributed by atoms with van der Waals surface area (Å²) in [6, 6.07) is 0.228. The third-order valence-electron chi connectivity index (χ3n) is 2.11. The summed E-state index contributed by atoms with van der Waals surface area (Å²) in [5.41, 5.74) is 6.04. The minimum absolute atomic E-state index is 0.226. The molecule has 15 heavy (non-hydrogen) atoms. The highest BCUT2D eigenvalue weighted by Crippen LogP contribution is 2.23. The van der Waals surface area contributed by atoms with Crippen molar-refractivity contribution in [3.63, 3.8) is 0 Å². The van der Waals surface area contributed by atoms with Gasteiger partial charge in [-0.2, -0.15) is 0 Å². The van der Waals surface area contributed by atoms with Gasteiger partial charge >= 0.3 is 0 Å². The molecule has 0 amide bonds. The fraction of sp³-hybridized carbons (Fsp3) is 0.500. The van der Waals surface area contributed by atoms with Crippen molar-refractivity contribution >= 4 is 5.82 Å². The van der Waals surface area contributed by atoms with Gasteiger partial charge in [0, 0.05) is 6.04 Å². The Morgan fingerprint density at radius 1 is 1.27 bits per heavy atom. The normalized spacial score (nSPS) is 11.2. The van der Waals surface area contributed by atoms with Crippen LogP contribution >= 0.6 is 0 Å². The Hall–Kier alpha value is -1.92. The molecule has 0 unspecified atom stereocenters. The van der Waals surface area contributed by atoms with Gasteiger partial charge in [0.25, 0.3) is 0 Å². The van der Waals surface area contributed by atoms with Crippen LogP contribution in [0.15, 0.2) is 4.63 Å². The number of nitrogen functional groups attached to an aromatic ring is 1. The molecule has 2 rings (SSSR count). The number of aromatic nitrogens is 5. The summed E-state index contributed by atoms with van der Waals surface area (Å²) in [4.78, 5) is 0. The minimum Gasteiger partial charge on any atom is -0.379 e. The summed E-state index contributed by atoms with van der Waals surface area (Å²) in [6.45, 7) is 5.94. The van der Waals surface area contributed by atoms with E-state index < -0.39 is 0 Å². The quantitative estimate of drug-likeness (QED) is 0.784. The highest BCUT2D eigenvalue weighted by molar-refractivity contribution is 5.62. The number of hydrogen-bond acceptors (Lipinski definition) is 6. The van der Waals surface area contributed by atoms with E-state index in [0.717, 1.165) is 5.82 Å². The Kier molecular flexibility index (Phi) is 2.14. The van der Waals surface area contributed by atoms with Crippen molar-refractivity contribution in [2.45, 2.75) is 26.8 Å². The lowest BCUT2D eigenvalue weighted by Gasteiger charge is -2.10. The van der Waals surface area contributed by atoms with E-state index in [4.69, 9.17) is 5.73 Å². The molecular formula is C8H12N6O. The standard InChI is InChI=1S/C8H12N6O/c1-4(2)14-5(3)10-11-8(14)6-7(9)13-15-12-6/h4H,1-3H3,(H2,9,13). The average Bonchev–Trinajstić information content (AvgIpc) is 2.71. The maximum atomic E-state index is 5.60. The predicted octanol–water partition coefficient (Wildman–Crippen LogP) is 0.800. The lowest BCUT2D eigenvalue weighted by Crippen LogP contribution is -2.06. The first-order valence-corrected chi connectivity index (χ1v) is 4.61. The van der Waals surface area contributed by atoms with Crippen LogP contribution in [-0.4, -0.2) is 25.1 Å². The second-order valence-electron chi connectivity index (χ2n) is 3.53. The Labute approximate surface area is 86.3 Å². The number of hydrogen-bond donors (Lipinski definition) is 1.